The molecule has 0 fully saturated rings. The smallest absolute Gasteiger partial charge is 0.257 e. The van der Waals surface area contributed by atoms with Crippen molar-refractivity contribution >= 4 is 41.6 Å². The summed E-state index contributed by atoms with van der Waals surface area (Å²) >= 11 is 0. The zero-order chi connectivity index (χ0) is 20.5. The zero-order valence-electron chi connectivity index (χ0n) is 15.6. The number of para-hydroxylation sites is 1. The molecule has 0 radical (unpaired) electrons. The zero-order valence-corrected chi connectivity index (χ0v) is 17.6. The van der Waals surface area contributed by atoms with Crippen molar-refractivity contribution in [1.82, 2.24) is 10.2 Å². The van der Waals surface area contributed by atoms with Crippen LogP contribution in [0.15, 0.2) is 49.8 Å². The second-order valence-corrected chi connectivity index (χ2v) is 9.99. The van der Waals surface area contributed by atoms with Gasteiger partial charge in [-0.05, 0) is 39.6 Å². The molecule has 2 atom stereocenters. The molecule has 0 saturated heterocycles. The van der Waals surface area contributed by atoms with Crippen molar-refractivity contribution in [2.24, 2.45) is 8.80 Å². The second kappa shape index (κ2) is 7.73. The van der Waals surface area contributed by atoms with E-state index in [2.05, 4.69) is 27.9 Å². The summed E-state index contributed by atoms with van der Waals surface area (Å²) in [5.74, 6) is 0.568. The summed E-state index contributed by atoms with van der Waals surface area (Å²) in [4.78, 5) is 13.6. The average molecular weight is 423 g/mol. The molecule has 11 heteroatoms. The van der Waals surface area contributed by atoms with Crippen LogP contribution >= 0.6 is 8.44 Å². The van der Waals surface area contributed by atoms with E-state index in [0.717, 1.165) is 0 Å². The Kier molecular flexibility index (Phi) is 5.53. The lowest BCUT2D eigenvalue weighted by molar-refractivity contribution is 0.0824. The summed E-state index contributed by atoms with van der Waals surface area (Å²) in [6.07, 6.45) is 1.56. The number of nitrogens with zero attached hydrogens (tertiary/aromatic N) is 3. The summed E-state index contributed by atoms with van der Waals surface area (Å²) in [6, 6.07) is 8.06. The lowest BCUT2D eigenvalue weighted by Gasteiger charge is -2.16. The van der Waals surface area contributed by atoms with E-state index >= 15 is 0 Å². The van der Waals surface area contributed by atoms with Gasteiger partial charge in [-0.2, -0.15) is 8.80 Å². The summed E-state index contributed by atoms with van der Waals surface area (Å²) in [7, 11) is 2.12. The van der Waals surface area contributed by atoms with Crippen LogP contribution in [0.3, 0.4) is 0 Å². The number of hydrogen-bond acceptors (Lipinski definition) is 6. The number of amides is 1. The minimum Gasteiger partial charge on any atom is -0.505 e. The normalized spacial score (nSPS) is 17.3. The van der Waals surface area contributed by atoms with Crippen LogP contribution in [0.4, 0.5) is 5.69 Å². The van der Waals surface area contributed by atoms with Gasteiger partial charge in [0.05, 0.1) is 33.5 Å². The fourth-order valence-electron chi connectivity index (χ4n) is 2.58. The van der Waals surface area contributed by atoms with Gasteiger partial charge in [-0.1, -0.05) is 6.07 Å². The molecule has 28 heavy (non-hydrogen) atoms. The van der Waals surface area contributed by atoms with E-state index in [0.29, 0.717) is 5.76 Å². The first-order chi connectivity index (χ1) is 13.2. The van der Waals surface area contributed by atoms with Gasteiger partial charge >= 0.3 is 0 Å². The molecule has 0 bridgehead atoms. The van der Waals surface area contributed by atoms with Crippen LogP contribution in [-0.2, 0) is 9.92 Å². The number of furan rings is 1. The Morgan fingerprint density at radius 2 is 1.96 bits per heavy atom. The molecule has 0 aliphatic carbocycles. The molecule has 1 amide bonds. The number of phenols is 1. The summed E-state index contributed by atoms with van der Waals surface area (Å²) < 4.78 is 26.0. The summed E-state index contributed by atoms with van der Waals surface area (Å²) in [5, 5.41) is 16.5. The minimum atomic E-state index is -3.21. The maximum Gasteiger partial charge on any atom is 0.257 e. The van der Waals surface area contributed by atoms with Crippen molar-refractivity contribution in [3.63, 3.8) is 0 Å². The Hall–Kier alpha value is -2.71. The first-order valence-corrected chi connectivity index (χ1v) is 11.6. The first kappa shape index (κ1) is 20.0. The molecular formula is C17H22N5O4PS. The molecule has 1 aliphatic rings. The number of anilines is 1. The quantitative estimate of drug-likeness (QED) is 0.339. The topological polar surface area (TPSA) is 120 Å². The molecule has 2 heterocycles. The molecule has 3 N–H and O–H groups in total. The summed E-state index contributed by atoms with van der Waals surface area (Å²) in [5.41, 5.74) is 0.386. The summed E-state index contributed by atoms with van der Waals surface area (Å²) in [6.45, 7) is 1.86. The molecule has 1 aliphatic heterocycles. The Morgan fingerprint density at radius 1 is 1.25 bits per heavy atom. The van der Waals surface area contributed by atoms with E-state index in [1.54, 1.807) is 44.6 Å². The predicted octanol–water partition coefficient (Wildman–Crippen LogP) is 1.90. The number of aromatic hydroxyl groups is 1. The number of hydrogen-bond donors (Lipinski definition) is 4. The molecule has 3 rings (SSSR count). The SMILES string of the molecule is C[C@@H](NC1=N[SH](=O)(P)N=C1Nc1cccc(C(=O)N(C)C)c1O)c1ccco1. The van der Waals surface area contributed by atoms with Gasteiger partial charge in [0.15, 0.2) is 17.4 Å². The molecular weight excluding hydrogens is 401 g/mol. The maximum atomic E-state index is 12.4. The molecule has 2 aromatic rings. The number of amidine groups is 2. The number of carbonyl (C=O) groups is 1. The highest BCUT2D eigenvalue weighted by molar-refractivity contribution is 8.44. The van der Waals surface area contributed by atoms with Gasteiger partial charge < -0.3 is 25.1 Å². The number of nitrogens with one attached hydrogen (secondary N) is 2. The molecule has 150 valence electrons. The third kappa shape index (κ3) is 4.23. The fraction of sp³-hybridized carbons (Fsp3) is 0.235. The van der Waals surface area contributed by atoms with E-state index < -0.39 is 9.92 Å². The standard InChI is InChI=1S/C17H22N5O4PS/c1-10(13-8-5-9-26-13)18-15-16(21-28(25,27)20-15)19-12-7-4-6-11(14(12)23)17(24)22(2)3/h4-10,23,28H,27H2,1-3H3,(H2,18,19,20,21,25)/t10-/m1/s1. The van der Waals surface area contributed by atoms with E-state index in [1.165, 1.54) is 11.0 Å². The van der Waals surface area contributed by atoms with E-state index in [-0.39, 0.29) is 40.6 Å². The van der Waals surface area contributed by atoms with Gasteiger partial charge in [-0.3, -0.25) is 4.79 Å². The van der Waals surface area contributed by atoms with Crippen LogP contribution in [-0.4, -0.2) is 45.9 Å². The van der Waals surface area contributed by atoms with Crippen molar-refractivity contribution in [2.45, 2.75) is 13.0 Å². The number of thiol groups is 1. The van der Waals surface area contributed by atoms with E-state index in [4.69, 9.17) is 4.42 Å². The number of rotatable bonds is 4. The lowest BCUT2D eigenvalue weighted by atomic mass is 10.1. The van der Waals surface area contributed by atoms with Crippen molar-refractivity contribution in [3.05, 3.63) is 47.9 Å². The van der Waals surface area contributed by atoms with Crippen LogP contribution in [0.5, 0.6) is 5.75 Å². The van der Waals surface area contributed by atoms with Gasteiger partial charge in [-0.25, -0.2) is 4.21 Å². The molecule has 1 aromatic carbocycles. The van der Waals surface area contributed by atoms with Gasteiger partial charge in [-0.15, -0.1) is 0 Å². The Labute approximate surface area is 165 Å². The van der Waals surface area contributed by atoms with Crippen LogP contribution in [0.25, 0.3) is 0 Å². The lowest BCUT2D eigenvalue weighted by Crippen LogP contribution is -2.35. The molecule has 9 nitrogen and oxygen atoms in total. The molecule has 1 aromatic heterocycles. The van der Waals surface area contributed by atoms with Gasteiger partial charge in [0, 0.05) is 14.1 Å². The monoisotopic (exact) mass is 423 g/mol. The Bertz CT molecular complexity index is 1000. The minimum absolute atomic E-state index is 0.137. The highest BCUT2D eigenvalue weighted by atomic mass is 32.8. The van der Waals surface area contributed by atoms with E-state index in [1.807, 2.05) is 6.92 Å². The third-order valence-electron chi connectivity index (χ3n) is 3.96. The average Bonchev–Trinajstić information content (AvgIpc) is 3.24. The highest BCUT2D eigenvalue weighted by Gasteiger charge is 2.26. The predicted molar refractivity (Wildman–Crippen MR) is 114 cm³/mol. The van der Waals surface area contributed by atoms with Crippen molar-refractivity contribution in [1.29, 1.82) is 0 Å². The second-order valence-electron chi connectivity index (χ2n) is 6.39. The molecule has 0 saturated carbocycles. The third-order valence-corrected chi connectivity index (χ3v) is 5.63. The van der Waals surface area contributed by atoms with Crippen molar-refractivity contribution < 1.29 is 18.5 Å². The largest absolute Gasteiger partial charge is 0.505 e. The van der Waals surface area contributed by atoms with E-state index in [9.17, 15) is 14.1 Å². The molecule has 0 spiro atoms. The first-order valence-electron chi connectivity index (χ1n) is 8.38. The van der Waals surface area contributed by atoms with Crippen molar-refractivity contribution in [2.75, 3.05) is 19.4 Å². The van der Waals surface area contributed by atoms with Gasteiger partial charge in [0.2, 0.25) is 0 Å². The highest BCUT2D eigenvalue weighted by Crippen LogP contribution is 2.30. The fourth-order valence-corrected chi connectivity index (χ4v) is 4.19. The number of benzene rings is 1. The maximum absolute atomic E-state index is 12.4. The van der Waals surface area contributed by atoms with Crippen LogP contribution < -0.4 is 10.6 Å². The number of carbonyl (C=O) groups excluding carboxylic acids is 1. The Morgan fingerprint density at radius 3 is 2.61 bits per heavy atom. The number of phenolic OH excluding ortho intramolecular Hbond substituents is 1. The van der Waals surface area contributed by atoms with Crippen LogP contribution in [0.2, 0.25) is 0 Å². The van der Waals surface area contributed by atoms with Gasteiger partial charge in [0.1, 0.15) is 5.76 Å². The van der Waals surface area contributed by atoms with Crippen LogP contribution in [0, 0.1) is 0 Å². The Balaban J connectivity index is 1.87. The van der Waals surface area contributed by atoms with Crippen molar-refractivity contribution in [3.8, 4) is 5.75 Å². The van der Waals surface area contributed by atoms with Crippen LogP contribution in [0.1, 0.15) is 29.1 Å². The molecule has 1 unspecified atom stereocenters. The van der Waals surface area contributed by atoms with Gasteiger partial charge in [0.25, 0.3) is 5.91 Å².